The summed E-state index contributed by atoms with van der Waals surface area (Å²) in [6.07, 6.45) is 0. The van der Waals surface area contributed by atoms with E-state index in [1.807, 2.05) is 13.8 Å². The second-order valence-corrected chi connectivity index (χ2v) is 2.19. The van der Waals surface area contributed by atoms with Crippen LogP contribution in [-0.4, -0.2) is 9.76 Å². The minimum absolute atomic E-state index is 0. The summed E-state index contributed by atoms with van der Waals surface area (Å²) in [5.74, 6) is 0. The normalized spacial score (nSPS) is 8.43. The first-order valence-corrected chi connectivity index (χ1v) is 3.38. The zero-order chi connectivity index (χ0) is 4.99. The zero-order valence-corrected chi connectivity index (χ0v) is 9.73. The molecule has 1 nitrogen and oxygen atoms in total. The Morgan fingerprint density at radius 1 is 1.57 bits per heavy atom. The van der Waals surface area contributed by atoms with Crippen molar-refractivity contribution in [2.45, 2.75) is 13.8 Å². The van der Waals surface area contributed by atoms with Crippen LogP contribution in [-0.2, 0) is 0 Å². The molecule has 0 aliphatic heterocycles. The van der Waals surface area contributed by atoms with Gasteiger partial charge in [0.05, 0.1) is 0 Å². The molecule has 0 amide bonds. The second-order valence-electron chi connectivity index (χ2n) is 1.45. The van der Waals surface area contributed by atoms with Crippen LogP contribution in [0.3, 0.4) is 0 Å². The van der Waals surface area contributed by atoms with Gasteiger partial charge in [-0.2, -0.15) is 0 Å². The molecule has 0 aliphatic rings. The van der Waals surface area contributed by atoms with Crippen molar-refractivity contribution < 1.29 is 56.2 Å². The van der Waals surface area contributed by atoms with E-state index in [0.29, 0.717) is 0 Å². The molecule has 0 unspecified atom stereocenters. The van der Waals surface area contributed by atoms with Crippen LogP contribution in [0.5, 0.6) is 0 Å². The molecule has 0 spiro atoms. The average Bonchev–Trinajstić information content (AvgIpc) is 1.35. The third-order valence-corrected chi connectivity index (χ3v) is 1.47. The second kappa shape index (κ2) is 7.55. The van der Waals surface area contributed by atoms with Gasteiger partial charge < -0.3 is 4.80 Å². The molecule has 0 aromatic heterocycles. The Morgan fingerprint density at radius 2 is 2.00 bits per heavy atom. The van der Waals surface area contributed by atoms with Crippen molar-refractivity contribution in [1.82, 2.24) is 0 Å². The number of rotatable bonds is 1. The van der Waals surface area contributed by atoms with Crippen LogP contribution in [0.25, 0.3) is 0 Å². The van der Waals surface area contributed by atoms with Gasteiger partial charge in [0.15, 0.2) is 0 Å². The third-order valence-electron chi connectivity index (χ3n) is 0.492. The van der Waals surface area contributed by atoms with E-state index in [9.17, 15) is 4.80 Å². The molecule has 0 saturated heterocycles. The topological polar surface area (TPSA) is 23.1 Å². The Labute approximate surface area is 89.6 Å². The first-order chi connectivity index (χ1) is 2.77. The molecule has 0 heterocycles. The first kappa shape index (κ1) is 11.4. The molecule has 0 saturated carbocycles. The summed E-state index contributed by atoms with van der Waals surface area (Å²) in [6, 6.07) is 0. The summed E-state index contributed by atoms with van der Waals surface area (Å²) in [7, 11) is -1.05. The van der Waals surface area contributed by atoms with Crippen molar-refractivity contribution in [2.24, 2.45) is 0 Å². The standard InChI is InChI=1S/C4H9OSi.K/c1-4(2)3-6-5;/h3H,6H2,1-2H3;/q-1;+1. The van der Waals surface area contributed by atoms with E-state index in [4.69, 9.17) is 0 Å². The zero-order valence-electron chi connectivity index (χ0n) is 5.19. The monoisotopic (exact) mass is 140 g/mol. The number of hydrogen-bond acceptors (Lipinski definition) is 1. The Morgan fingerprint density at radius 3 is 2.00 bits per heavy atom. The fraction of sp³-hybridized carbons (Fsp3) is 0.500. The van der Waals surface area contributed by atoms with Crippen molar-refractivity contribution in [3.8, 4) is 0 Å². The molecule has 0 atom stereocenters. The molecule has 0 fully saturated rings. The van der Waals surface area contributed by atoms with Gasteiger partial charge in [-0.15, -0.1) is 5.70 Å². The van der Waals surface area contributed by atoms with Crippen molar-refractivity contribution in [2.75, 3.05) is 0 Å². The molecule has 0 aliphatic carbocycles. The average molecular weight is 140 g/mol. The Hall–Kier alpha value is 1.55. The van der Waals surface area contributed by atoms with E-state index in [-0.39, 0.29) is 51.4 Å². The summed E-state index contributed by atoms with van der Waals surface area (Å²) in [4.78, 5) is 9.80. The molecule has 7 heavy (non-hydrogen) atoms. The van der Waals surface area contributed by atoms with Crippen LogP contribution >= 0.6 is 0 Å². The largest absolute Gasteiger partial charge is 1.00 e. The van der Waals surface area contributed by atoms with Crippen molar-refractivity contribution in [3.63, 3.8) is 0 Å². The van der Waals surface area contributed by atoms with E-state index in [1.165, 1.54) is 0 Å². The summed E-state index contributed by atoms with van der Waals surface area (Å²) < 4.78 is 0. The quantitative estimate of drug-likeness (QED) is 0.345. The summed E-state index contributed by atoms with van der Waals surface area (Å²) in [5, 5.41) is 0. The van der Waals surface area contributed by atoms with Crippen LogP contribution in [0.15, 0.2) is 11.3 Å². The van der Waals surface area contributed by atoms with Gasteiger partial charge in [-0.3, -0.25) is 0 Å². The van der Waals surface area contributed by atoms with Gasteiger partial charge in [0.2, 0.25) is 0 Å². The van der Waals surface area contributed by atoms with Crippen LogP contribution in [0.4, 0.5) is 0 Å². The Balaban J connectivity index is 0. The van der Waals surface area contributed by atoms with Crippen molar-refractivity contribution in [3.05, 3.63) is 11.3 Å². The molecule has 0 N–H and O–H groups in total. The predicted molar refractivity (Wildman–Crippen MR) is 28.0 cm³/mol. The minimum Gasteiger partial charge on any atom is -0.860 e. The summed E-state index contributed by atoms with van der Waals surface area (Å²) >= 11 is 0. The van der Waals surface area contributed by atoms with Crippen LogP contribution in [0, 0.1) is 0 Å². The molecule has 3 heteroatoms. The van der Waals surface area contributed by atoms with Gasteiger partial charge in [-0.1, -0.05) is 15.3 Å². The Kier molecular flexibility index (Phi) is 12.3. The maximum absolute atomic E-state index is 9.80. The van der Waals surface area contributed by atoms with Crippen LogP contribution in [0.2, 0.25) is 0 Å². The molecule has 0 rings (SSSR count). The van der Waals surface area contributed by atoms with E-state index >= 15 is 0 Å². The minimum atomic E-state index is -1.05. The molecule has 36 valence electrons. The molecular formula is C4H9KOSi. The maximum Gasteiger partial charge on any atom is 1.00 e. The molecule has 0 aromatic carbocycles. The third kappa shape index (κ3) is 11.2. The summed E-state index contributed by atoms with van der Waals surface area (Å²) in [6.45, 7) is 3.90. The van der Waals surface area contributed by atoms with E-state index < -0.39 is 9.76 Å². The van der Waals surface area contributed by atoms with E-state index in [1.54, 1.807) is 5.70 Å². The molecule has 0 bridgehead atoms. The molecule has 0 aromatic rings. The van der Waals surface area contributed by atoms with Crippen LogP contribution < -0.4 is 56.2 Å². The fourth-order valence-corrected chi connectivity index (χ4v) is 0.500. The number of hydrogen-bond donors (Lipinski definition) is 0. The molecular weight excluding hydrogens is 131 g/mol. The van der Waals surface area contributed by atoms with E-state index in [2.05, 4.69) is 0 Å². The fourth-order valence-electron chi connectivity index (χ4n) is 0.167. The van der Waals surface area contributed by atoms with Crippen molar-refractivity contribution >= 4 is 9.76 Å². The predicted octanol–water partition coefficient (Wildman–Crippen LogP) is -3.64. The number of allylic oxidation sites excluding steroid dienone is 1. The van der Waals surface area contributed by atoms with Crippen LogP contribution in [0.1, 0.15) is 13.8 Å². The smallest absolute Gasteiger partial charge is 0.860 e. The summed E-state index contributed by atoms with van der Waals surface area (Å²) in [5.41, 5.74) is 2.96. The van der Waals surface area contributed by atoms with Gasteiger partial charge in [0.1, 0.15) is 0 Å². The Bertz CT molecular complexity index is 58.7. The van der Waals surface area contributed by atoms with Crippen molar-refractivity contribution in [1.29, 1.82) is 0 Å². The van der Waals surface area contributed by atoms with Gasteiger partial charge >= 0.3 is 51.4 Å². The van der Waals surface area contributed by atoms with Gasteiger partial charge in [-0.25, -0.2) is 0 Å². The van der Waals surface area contributed by atoms with Gasteiger partial charge in [0.25, 0.3) is 0 Å². The van der Waals surface area contributed by atoms with Gasteiger partial charge in [0, 0.05) is 0 Å². The molecule has 0 radical (unpaired) electrons. The van der Waals surface area contributed by atoms with Gasteiger partial charge in [-0.05, 0) is 13.8 Å². The maximum atomic E-state index is 9.80. The SMILES string of the molecule is CC(C)=C[SiH2][O-].[K+]. The first-order valence-electron chi connectivity index (χ1n) is 1.99. The van der Waals surface area contributed by atoms with E-state index in [0.717, 1.165) is 5.57 Å².